The van der Waals surface area contributed by atoms with Gasteiger partial charge in [-0.15, -0.1) is 0 Å². The minimum atomic E-state index is 0.600. The molecule has 6 aromatic carbocycles. The quantitative estimate of drug-likeness (QED) is 0.145. The summed E-state index contributed by atoms with van der Waals surface area (Å²) in [4.78, 5) is 8.18. The molecule has 0 atom stereocenters. The van der Waals surface area contributed by atoms with Gasteiger partial charge in [0.15, 0.2) is 0 Å². The molecule has 1 aromatic heterocycles. The average Bonchev–Trinajstić information content (AvgIpc) is 3.48. The molecule has 7 rings (SSSR count). The number of H-pyrrole nitrogens is 1. The molecule has 0 unspecified atom stereocenters. The Morgan fingerprint density at radius 3 is 1.19 bits per heavy atom. The van der Waals surface area contributed by atoms with Crippen LogP contribution in [0.25, 0.3) is 21.8 Å². The zero-order chi connectivity index (χ0) is 32.9. The van der Waals surface area contributed by atoms with Crippen molar-refractivity contribution < 1.29 is 14.2 Å². The third kappa shape index (κ3) is 6.25. The number of nitrogens with one attached hydrogen (secondary N) is 1. The van der Waals surface area contributed by atoms with Crippen molar-refractivity contribution in [3.63, 3.8) is 0 Å². The standard InChI is InChI=1S/C42H39N3O3/c1-4-46-36-18-10-15-31(25-36)44(30-13-8-7-9-14-30)34-21-23-41-39(28-34)40-29-35(22-24-42(40)43-41)45(32-16-11-19-37(26-32)47-5-2)33-17-12-20-38(27-33)48-6-3/h7-29,43H,4-6H2,1-3H3. The SMILES string of the molecule is CCOc1cccc(N(c2ccccc2)c2ccc3[nH]c4ccc(N(c5cccc(OCC)c5)c5cccc(OCC)c5)cc4c3c2)c1. The highest BCUT2D eigenvalue weighted by Gasteiger charge is 2.18. The van der Waals surface area contributed by atoms with Crippen LogP contribution in [0.2, 0.25) is 0 Å². The molecule has 0 aliphatic heterocycles. The van der Waals surface area contributed by atoms with E-state index in [1.807, 2.05) is 63.2 Å². The van der Waals surface area contributed by atoms with Crippen LogP contribution < -0.4 is 24.0 Å². The second-order valence-electron chi connectivity index (χ2n) is 11.4. The molecule has 0 radical (unpaired) electrons. The first-order valence-electron chi connectivity index (χ1n) is 16.5. The van der Waals surface area contributed by atoms with Gasteiger partial charge in [0.25, 0.3) is 0 Å². The number of hydrogen-bond donors (Lipinski definition) is 1. The molecule has 240 valence electrons. The topological polar surface area (TPSA) is 50.0 Å². The van der Waals surface area contributed by atoms with Gasteiger partial charge in [-0.3, -0.25) is 0 Å². The summed E-state index contributed by atoms with van der Waals surface area (Å²) in [5, 5.41) is 2.27. The van der Waals surface area contributed by atoms with Crippen LogP contribution in [0.1, 0.15) is 20.8 Å². The minimum Gasteiger partial charge on any atom is -0.494 e. The van der Waals surface area contributed by atoms with Gasteiger partial charge in [-0.1, -0.05) is 36.4 Å². The molecule has 0 saturated heterocycles. The molecule has 0 bridgehead atoms. The molecule has 48 heavy (non-hydrogen) atoms. The van der Waals surface area contributed by atoms with Crippen LogP contribution in [0.3, 0.4) is 0 Å². The Labute approximate surface area is 281 Å². The lowest BCUT2D eigenvalue weighted by Gasteiger charge is -2.26. The normalized spacial score (nSPS) is 11.1. The highest BCUT2D eigenvalue weighted by Crippen LogP contribution is 2.42. The lowest BCUT2D eigenvalue weighted by Crippen LogP contribution is -2.10. The molecular formula is C42H39N3O3. The van der Waals surface area contributed by atoms with Crippen molar-refractivity contribution in [1.82, 2.24) is 4.98 Å². The highest BCUT2D eigenvalue weighted by atomic mass is 16.5. The first kappa shape index (κ1) is 30.8. The van der Waals surface area contributed by atoms with Gasteiger partial charge in [-0.25, -0.2) is 0 Å². The van der Waals surface area contributed by atoms with Gasteiger partial charge < -0.3 is 29.0 Å². The van der Waals surface area contributed by atoms with E-state index in [-0.39, 0.29) is 0 Å². The number of rotatable bonds is 12. The van der Waals surface area contributed by atoms with Gasteiger partial charge >= 0.3 is 0 Å². The van der Waals surface area contributed by atoms with Gasteiger partial charge in [-0.05, 0) is 106 Å². The number of benzene rings is 6. The maximum Gasteiger partial charge on any atom is 0.121 e. The molecule has 0 aliphatic carbocycles. The summed E-state index contributed by atoms with van der Waals surface area (Å²) >= 11 is 0. The average molecular weight is 634 g/mol. The Morgan fingerprint density at radius 1 is 0.396 bits per heavy atom. The number of aromatic nitrogens is 1. The molecule has 0 saturated carbocycles. The molecule has 0 aliphatic rings. The predicted molar refractivity (Wildman–Crippen MR) is 199 cm³/mol. The number of anilines is 6. The van der Waals surface area contributed by atoms with Crippen molar-refractivity contribution in [3.05, 3.63) is 140 Å². The summed E-state index contributed by atoms with van der Waals surface area (Å²) in [7, 11) is 0. The van der Waals surface area contributed by atoms with Gasteiger partial charge in [0.2, 0.25) is 0 Å². The summed E-state index contributed by atoms with van der Waals surface area (Å²) in [5.41, 5.74) is 8.33. The summed E-state index contributed by atoms with van der Waals surface area (Å²) in [6.45, 7) is 7.83. The Morgan fingerprint density at radius 2 is 0.771 bits per heavy atom. The second kappa shape index (κ2) is 13.9. The Bertz CT molecular complexity index is 2110. The van der Waals surface area contributed by atoms with Crippen molar-refractivity contribution in [3.8, 4) is 17.2 Å². The van der Waals surface area contributed by atoms with Crippen molar-refractivity contribution in [2.24, 2.45) is 0 Å². The monoisotopic (exact) mass is 633 g/mol. The zero-order valence-electron chi connectivity index (χ0n) is 27.5. The predicted octanol–water partition coefficient (Wildman–Crippen LogP) is 11.5. The lowest BCUT2D eigenvalue weighted by atomic mass is 10.1. The van der Waals surface area contributed by atoms with Crippen molar-refractivity contribution in [2.45, 2.75) is 20.8 Å². The first-order valence-corrected chi connectivity index (χ1v) is 16.5. The molecule has 6 nitrogen and oxygen atoms in total. The molecule has 0 fully saturated rings. The number of nitrogens with zero attached hydrogens (tertiary/aromatic N) is 2. The molecule has 0 amide bonds. The lowest BCUT2D eigenvalue weighted by molar-refractivity contribution is 0.340. The van der Waals surface area contributed by atoms with E-state index in [1.54, 1.807) is 0 Å². The van der Waals surface area contributed by atoms with E-state index in [0.29, 0.717) is 19.8 Å². The number of fused-ring (bicyclic) bond motifs is 3. The number of hydrogen-bond acceptors (Lipinski definition) is 5. The first-order chi connectivity index (χ1) is 23.6. The third-order valence-electron chi connectivity index (χ3n) is 8.26. The van der Waals surface area contributed by atoms with E-state index in [4.69, 9.17) is 14.2 Å². The molecule has 7 aromatic rings. The van der Waals surface area contributed by atoms with Crippen LogP contribution in [0.5, 0.6) is 17.2 Å². The van der Waals surface area contributed by atoms with Gasteiger partial charge in [0.1, 0.15) is 17.2 Å². The van der Waals surface area contributed by atoms with E-state index < -0.39 is 0 Å². The van der Waals surface area contributed by atoms with Gasteiger partial charge in [0.05, 0.1) is 19.8 Å². The Hall–Kier alpha value is -5.88. The number of para-hydroxylation sites is 1. The molecule has 6 heteroatoms. The summed E-state index contributed by atoms with van der Waals surface area (Å²) in [6, 6.07) is 48.4. The summed E-state index contributed by atoms with van der Waals surface area (Å²) in [6.07, 6.45) is 0. The van der Waals surface area contributed by atoms with Crippen LogP contribution in [-0.4, -0.2) is 24.8 Å². The van der Waals surface area contributed by atoms with Crippen LogP contribution in [0.15, 0.2) is 140 Å². The number of ether oxygens (including phenoxy) is 3. The van der Waals surface area contributed by atoms with Crippen molar-refractivity contribution in [2.75, 3.05) is 29.6 Å². The Kier molecular flexibility index (Phi) is 8.88. The smallest absolute Gasteiger partial charge is 0.121 e. The van der Waals surface area contributed by atoms with Gasteiger partial charge in [-0.2, -0.15) is 0 Å². The Balaban J connectivity index is 1.38. The minimum absolute atomic E-state index is 0.600. The van der Waals surface area contributed by atoms with E-state index in [0.717, 1.165) is 73.2 Å². The highest BCUT2D eigenvalue weighted by molar-refractivity contribution is 6.10. The fraction of sp³-hybridized carbons (Fsp3) is 0.143. The number of aromatic amines is 1. The molecular weight excluding hydrogens is 594 g/mol. The summed E-state index contributed by atoms with van der Waals surface area (Å²) in [5.74, 6) is 2.50. The van der Waals surface area contributed by atoms with E-state index in [2.05, 4.69) is 112 Å². The van der Waals surface area contributed by atoms with Crippen LogP contribution in [0.4, 0.5) is 34.1 Å². The molecule has 1 N–H and O–H groups in total. The van der Waals surface area contributed by atoms with Crippen molar-refractivity contribution in [1.29, 1.82) is 0 Å². The maximum atomic E-state index is 5.91. The van der Waals surface area contributed by atoms with E-state index in [9.17, 15) is 0 Å². The van der Waals surface area contributed by atoms with Crippen molar-refractivity contribution >= 4 is 55.9 Å². The maximum absolute atomic E-state index is 5.91. The van der Waals surface area contributed by atoms with E-state index >= 15 is 0 Å². The van der Waals surface area contributed by atoms with Gasteiger partial charge in [0, 0.05) is 74.1 Å². The largest absolute Gasteiger partial charge is 0.494 e. The van der Waals surface area contributed by atoms with Crippen LogP contribution in [-0.2, 0) is 0 Å². The third-order valence-corrected chi connectivity index (χ3v) is 8.26. The zero-order valence-corrected chi connectivity index (χ0v) is 27.5. The van der Waals surface area contributed by atoms with Crippen LogP contribution in [0, 0.1) is 0 Å². The van der Waals surface area contributed by atoms with Crippen LogP contribution >= 0.6 is 0 Å². The molecule has 0 spiro atoms. The molecule has 1 heterocycles. The summed E-state index contributed by atoms with van der Waals surface area (Å²) < 4.78 is 17.7. The fourth-order valence-electron chi connectivity index (χ4n) is 6.26. The van der Waals surface area contributed by atoms with E-state index in [1.165, 1.54) is 0 Å². The second-order valence-corrected chi connectivity index (χ2v) is 11.4. The fourth-order valence-corrected chi connectivity index (χ4v) is 6.26.